The fourth-order valence-electron chi connectivity index (χ4n) is 1.89. The summed E-state index contributed by atoms with van der Waals surface area (Å²) in [7, 11) is -3.26. The van der Waals surface area contributed by atoms with Gasteiger partial charge in [0.2, 0.25) is 0 Å². The van der Waals surface area contributed by atoms with E-state index in [1.165, 1.54) is 18.6 Å². The molecular formula is C10H16ClN3O2S. The van der Waals surface area contributed by atoms with E-state index in [0.717, 1.165) is 25.9 Å². The summed E-state index contributed by atoms with van der Waals surface area (Å²) < 4.78 is 24.0. The van der Waals surface area contributed by atoms with Crippen LogP contribution in [0.15, 0.2) is 23.6 Å². The predicted octanol–water partition coefficient (Wildman–Crippen LogP) is 0.672. The molecule has 0 atom stereocenters. The number of halogens is 1. The van der Waals surface area contributed by atoms with E-state index in [1.54, 1.807) is 0 Å². The molecule has 0 radical (unpaired) electrons. The number of hydrogen-bond donors (Lipinski definition) is 1. The first-order valence-corrected chi connectivity index (χ1v) is 7.03. The molecule has 1 aromatic heterocycles. The Hall–Kier alpha value is -0.720. The summed E-state index contributed by atoms with van der Waals surface area (Å²) in [5, 5.41) is 3.31. The van der Waals surface area contributed by atoms with Gasteiger partial charge in [-0.25, -0.2) is 13.4 Å². The van der Waals surface area contributed by atoms with Crippen molar-refractivity contribution >= 4 is 22.2 Å². The lowest BCUT2D eigenvalue weighted by Crippen LogP contribution is -2.31. The van der Waals surface area contributed by atoms with Crippen molar-refractivity contribution in [2.75, 3.05) is 18.8 Å². The predicted molar refractivity (Wildman–Crippen MR) is 66.9 cm³/mol. The number of rotatable bonds is 3. The molecule has 0 bridgehead atoms. The van der Waals surface area contributed by atoms with Crippen molar-refractivity contribution in [3.8, 4) is 0 Å². The maximum absolute atomic E-state index is 12.0. The lowest BCUT2D eigenvalue weighted by Gasteiger charge is -2.21. The van der Waals surface area contributed by atoms with Gasteiger partial charge in [-0.05, 0) is 31.8 Å². The molecule has 0 aromatic carbocycles. The van der Waals surface area contributed by atoms with Gasteiger partial charge >= 0.3 is 0 Å². The van der Waals surface area contributed by atoms with Crippen LogP contribution in [0.5, 0.6) is 0 Å². The zero-order valence-electron chi connectivity index (χ0n) is 9.37. The first-order chi connectivity index (χ1) is 7.68. The monoisotopic (exact) mass is 277 g/mol. The van der Waals surface area contributed by atoms with Crippen molar-refractivity contribution < 1.29 is 8.42 Å². The molecular weight excluding hydrogens is 262 g/mol. The van der Waals surface area contributed by atoms with Crippen LogP contribution in [-0.2, 0) is 9.84 Å². The quantitative estimate of drug-likeness (QED) is 0.879. The van der Waals surface area contributed by atoms with Crippen molar-refractivity contribution in [3.05, 3.63) is 18.6 Å². The highest BCUT2D eigenvalue weighted by Gasteiger charge is 2.23. The van der Waals surface area contributed by atoms with Gasteiger partial charge < -0.3 is 5.32 Å². The lowest BCUT2D eigenvalue weighted by atomic mass is 10.0. The topological polar surface area (TPSA) is 72.0 Å². The van der Waals surface area contributed by atoms with Gasteiger partial charge in [0.25, 0.3) is 0 Å². The highest BCUT2D eigenvalue weighted by Crippen LogP contribution is 2.17. The van der Waals surface area contributed by atoms with E-state index in [1.807, 2.05) is 0 Å². The fourth-order valence-corrected chi connectivity index (χ4v) is 3.46. The molecule has 0 saturated carbocycles. The van der Waals surface area contributed by atoms with Gasteiger partial charge in [0.1, 0.15) is 0 Å². The number of hydrogen-bond acceptors (Lipinski definition) is 5. The summed E-state index contributed by atoms with van der Waals surface area (Å²) >= 11 is 0. The van der Waals surface area contributed by atoms with Crippen LogP contribution < -0.4 is 5.32 Å². The number of piperidine rings is 1. The second kappa shape index (κ2) is 6.28. The van der Waals surface area contributed by atoms with Crippen molar-refractivity contribution in [3.63, 3.8) is 0 Å². The largest absolute Gasteiger partial charge is 0.317 e. The van der Waals surface area contributed by atoms with Crippen molar-refractivity contribution in [1.82, 2.24) is 15.3 Å². The maximum atomic E-state index is 12.0. The first-order valence-electron chi connectivity index (χ1n) is 5.38. The normalized spacial score (nSPS) is 17.4. The van der Waals surface area contributed by atoms with E-state index in [-0.39, 0.29) is 29.1 Å². The minimum atomic E-state index is -3.26. The van der Waals surface area contributed by atoms with E-state index in [2.05, 4.69) is 15.3 Å². The Morgan fingerprint density at radius 1 is 1.29 bits per heavy atom. The van der Waals surface area contributed by atoms with Crippen LogP contribution in [0.25, 0.3) is 0 Å². The molecule has 1 aromatic rings. The Kier molecular flexibility index (Phi) is 5.30. The Morgan fingerprint density at radius 3 is 2.59 bits per heavy atom. The van der Waals surface area contributed by atoms with Crippen molar-refractivity contribution in [2.24, 2.45) is 5.92 Å². The van der Waals surface area contributed by atoms with Gasteiger partial charge in [-0.2, -0.15) is 0 Å². The minimum Gasteiger partial charge on any atom is -0.317 e. The van der Waals surface area contributed by atoms with Crippen LogP contribution in [-0.4, -0.2) is 37.2 Å². The molecule has 0 amide bonds. The smallest absolute Gasteiger partial charge is 0.197 e. The fraction of sp³-hybridized carbons (Fsp3) is 0.600. The van der Waals surface area contributed by atoms with Gasteiger partial charge in [-0.1, -0.05) is 0 Å². The third-order valence-electron chi connectivity index (χ3n) is 2.77. The zero-order chi connectivity index (χ0) is 11.4. The molecule has 17 heavy (non-hydrogen) atoms. The van der Waals surface area contributed by atoms with Crippen LogP contribution in [0, 0.1) is 5.92 Å². The average Bonchev–Trinajstić information content (AvgIpc) is 2.31. The zero-order valence-corrected chi connectivity index (χ0v) is 11.0. The average molecular weight is 278 g/mol. The molecule has 1 aliphatic heterocycles. The maximum Gasteiger partial charge on any atom is 0.197 e. The van der Waals surface area contributed by atoms with Gasteiger partial charge in [0.15, 0.2) is 14.9 Å². The third kappa shape index (κ3) is 3.90. The van der Waals surface area contributed by atoms with Gasteiger partial charge in [0, 0.05) is 12.4 Å². The van der Waals surface area contributed by atoms with E-state index in [9.17, 15) is 8.42 Å². The minimum absolute atomic E-state index is 0. The number of aromatic nitrogens is 2. The molecule has 1 aliphatic rings. The summed E-state index contributed by atoms with van der Waals surface area (Å²) in [6.07, 6.45) is 6.04. The van der Waals surface area contributed by atoms with Crippen molar-refractivity contribution in [2.45, 2.75) is 17.9 Å². The Morgan fingerprint density at radius 2 is 2.00 bits per heavy atom. The number of nitrogens with zero attached hydrogens (tertiary/aromatic N) is 2. The molecule has 2 heterocycles. The molecule has 0 spiro atoms. The molecule has 2 rings (SSSR count). The molecule has 7 heteroatoms. The van der Waals surface area contributed by atoms with Crippen LogP contribution in [0.1, 0.15) is 12.8 Å². The number of sulfone groups is 1. The molecule has 96 valence electrons. The highest BCUT2D eigenvalue weighted by atomic mass is 35.5. The molecule has 0 unspecified atom stereocenters. The van der Waals surface area contributed by atoms with Crippen LogP contribution >= 0.6 is 12.4 Å². The van der Waals surface area contributed by atoms with E-state index in [4.69, 9.17) is 0 Å². The highest BCUT2D eigenvalue weighted by molar-refractivity contribution is 7.91. The SMILES string of the molecule is Cl.O=S(=O)(CC1CCNCC1)c1cnccn1. The first kappa shape index (κ1) is 14.3. The van der Waals surface area contributed by atoms with Crippen LogP contribution in [0.2, 0.25) is 0 Å². The van der Waals surface area contributed by atoms with E-state index in [0.29, 0.717) is 0 Å². The van der Waals surface area contributed by atoms with E-state index < -0.39 is 9.84 Å². The molecule has 5 nitrogen and oxygen atoms in total. The molecule has 1 saturated heterocycles. The number of nitrogens with one attached hydrogen (secondary N) is 1. The summed E-state index contributed by atoms with van der Waals surface area (Å²) in [6, 6.07) is 0. The van der Waals surface area contributed by atoms with Crippen LogP contribution in [0.4, 0.5) is 0 Å². The molecule has 1 fully saturated rings. The second-order valence-electron chi connectivity index (χ2n) is 4.02. The Labute approximate surface area is 107 Å². The Bertz CT molecular complexity index is 432. The summed E-state index contributed by atoms with van der Waals surface area (Å²) in [5.41, 5.74) is 0. The summed E-state index contributed by atoms with van der Waals surface area (Å²) in [4.78, 5) is 7.64. The lowest BCUT2D eigenvalue weighted by molar-refractivity contribution is 0.401. The standard InChI is InChI=1S/C10H15N3O2S.ClH/c14-16(15,10-7-12-5-6-13-10)8-9-1-3-11-4-2-9;/h5-7,9,11H,1-4,8H2;1H. The van der Waals surface area contributed by atoms with Crippen molar-refractivity contribution in [1.29, 1.82) is 0 Å². The van der Waals surface area contributed by atoms with Crippen LogP contribution in [0.3, 0.4) is 0 Å². The van der Waals surface area contributed by atoms with Gasteiger partial charge in [-0.15, -0.1) is 12.4 Å². The second-order valence-corrected chi connectivity index (χ2v) is 6.00. The molecule has 0 aliphatic carbocycles. The van der Waals surface area contributed by atoms with Gasteiger partial charge in [-0.3, -0.25) is 4.98 Å². The van der Waals surface area contributed by atoms with Gasteiger partial charge in [0.05, 0.1) is 11.9 Å². The third-order valence-corrected chi connectivity index (χ3v) is 4.53. The molecule has 1 N–H and O–H groups in total. The Balaban J connectivity index is 0.00000144. The summed E-state index contributed by atoms with van der Waals surface area (Å²) in [5.74, 6) is 0.432. The summed E-state index contributed by atoms with van der Waals surface area (Å²) in [6.45, 7) is 1.81. The van der Waals surface area contributed by atoms with E-state index >= 15 is 0 Å².